The number of ether oxygens (including phenoxy) is 1. The van der Waals surface area contributed by atoms with Gasteiger partial charge < -0.3 is 10.2 Å². The summed E-state index contributed by atoms with van der Waals surface area (Å²) in [5, 5.41) is 1.91. The summed E-state index contributed by atoms with van der Waals surface area (Å²) in [6.45, 7) is 0. The first-order valence-electron chi connectivity index (χ1n) is 5.88. The molecule has 2 rings (SSSR count). The summed E-state index contributed by atoms with van der Waals surface area (Å²) in [5.41, 5.74) is 6.52. The fourth-order valence-electron chi connectivity index (χ4n) is 1.88. The Morgan fingerprint density at radius 1 is 1.00 bits per heavy atom. The zero-order chi connectivity index (χ0) is 13.0. The van der Waals surface area contributed by atoms with E-state index in [0.29, 0.717) is 0 Å². The van der Waals surface area contributed by atoms with E-state index in [9.17, 15) is 0 Å². The van der Waals surface area contributed by atoms with Gasteiger partial charge in [-0.05, 0) is 23.8 Å². The van der Waals surface area contributed by atoms with E-state index < -0.39 is 0 Å². The van der Waals surface area contributed by atoms with Crippen molar-refractivity contribution in [1.29, 1.82) is 0 Å². The van der Waals surface area contributed by atoms with Gasteiger partial charge in [0.15, 0.2) is 0 Å². The first-order chi connectivity index (χ1) is 8.70. The van der Waals surface area contributed by atoms with Gasteiger partial charge in [0.1, 0.15) is 5.75 Å². The highest BCUT2D eigenvalue weighted by atomic mass is 16.5. The zero-order valence-electron chi connectivity index (χ0n) is 11.0. The van der Waals surface area contributed by atoms with Crippen molar-refractivity contribution in [3.63, 3.8) is 0 Å². The van der Waals surface area contributed by atoms with E-state index in [1.165, 1.54) is 0 Å². The second-order valence-electron chi connectivity index (χ2n) is 4.29. The number of methoxy groups -OCH3 is 1. The van der Waals surface area contributed by atoms with Crippen molar-refractivity contribution < 1.29 is 4.74 Å². The first kappa shape index (κ1) is 12.5. The van der Waals surface area contributed by atoms with E-state index in [2.05, 4.69) is 23.6 Å². The Balaban J connectivity index is 2.43. The molecule has 2 aromatic rings. The highest BCUT2D eigenvalue weighted by Gasteiger charge is 2.06. The number of anilines is 1. The van der Waals surface area contributed by atoms with Gasteiger partial charge in [-0.25, -0.2) is 5.01 Å². The van der Waals surface area contributed by atoms with Crippen LogP contribution in [0.15, 0.2) is 48.5 Å². The van der Waals surface area contributed by atoms with Crippen molar-refractivity contribution in [3.8, 4) is 16.9 Å². The summed E-state index contributed by atoms with van der Waals surface area (Å²) in [6.07, 6.45) is 0. The SMILES string of the molecule is COc1ccc(NN(C)C)cc1-c1ccccc1. The summed E-state index contributed by atoms with van der Waals surface area (Å²) >= 11 is 0. The van der Waals surface area contributed by atoms with Crippen LogP contribution in [0.25, 0.3) is 11.1 Å². The van der Waals surface area contributed by atoms with Gasteiger partial charge in [-0.2, -0.15) is 0 Å². The Hall–Kier alpha value is -2.00. The Bertz CT molecular complexity index is 509. The molecule has 18 heavy (non-hydrogen) atoms. The number of nitrogens with one attached hydrogen (secondary N) is 1. The monoisotopic (exact) mass is 242 g/mol. The van der Waals surface area contributed by atoms with Crippen molar-refractivity contribution in [2.75, 3.05) is 26.6 Å². The highest BCUT2D eigenvalue weighted by molar-refractivity contribution is 5.74. The van der Waals surface area contributed by atoms with Gasteiger partial charge in [0.2, 0.25) is 0 Å². The number of rotatable bonds is 4. The standard InChI is InChI=1S/C15H18N2O/c1-17(2)16-13-9-10-15(18-3)14(11-13)12-7-5-4-6-8-12/h4-11,16H,1-3H3. The lowest BCUT2D eigenvalue weighted by Gasteiger charge is -2.16. The van der Waals surface area contributed by atoms with Crippen molar-refractivity contribution in [2.45, 2.75) is 0 Å². The molecule has 94 valence electrons. The molecule has 0 unspecified atom stereocenters. The van der Waals surface area contributed by atoms with Gasteiger partial charge in [0, 0.05) is 25.3 Å². The maximum absolute atomic E-state index is 5.42. The van der Waals surface area contributed by atoms with E-state index in [0.717, 1.165) is 22.6 Å². The number of hydrogen-bond acceptors (Lipinski definition) is 3. The van der Waals surface area contributed by atoms with Crippen LogP contribution in [0.3, 0.4) is 0 Å². The molecule has 0 atom stereocenters. The van der Waals surface area contributed by atoms with Crippen LogP contribution >= 0.6 is 0 Å². The van der Waals surface area contributed by atoms with E-state index in [1.807, 2.05) is 49.4 Å². The summed E-state index contributed by atoms with van der Waals surface area (Å²) in [6, 6.07) is 16.3. The van der Waals surface area contributed by atoms with Gasteiger partial charge in [-0.3, -0.25) is 0 Å². The van der Waals surface area contributed by atoms with Gasteiger partial charge in [-0.15, -0.1) is 0 Å². The molecule has 0 aliphatic heterocycles. The van der Waals surface area contributed by atoms with Gasteiger partial charge in [-0.1, -0.05) is 30.3 Å². The molecular weight excluding hydrogens is 224 g/mol. The topological polar surface area (TPSA) is 24.5 Å². The van der Waals surface area contributed by atoms with Crippen LogP contribution in [0.2, 0.25) is 0 Å². The summed E-state index contributed by atoms with van der Waals surface area (Å²) in [4.78, 5) is 0. The highest BCUT2D eigenvalue weighted by Crippen LogP contribution is 2.32. The molecule has 0 spiro atoms. The van der Waals surface area contributed by atoms with Gasteiger partial charge in [0.25, 0.3) is 0 Å². The van der Waals surface area contributed by atoms with E-state index in [-0.39, 0.29) is 0 Å². The van der Waals surface area contributed by atoms with Crippen molar-refractivity contribution in [2.24, 2.45) is 0 Å². The average molecular weight is 242 g/mol. The molecule has 3 nitrogen and oxygen atoms in total. The number of hydrogen-bond donors (Lipinski definition) is 1. The predicted molar refractivity (Wildman–Crippen MR) is 75.7 cm³/mol. The number of hydrazine groups is 1. The third-order valence-corrected chi connectivity index (χ3v) is 2.64. The molecule has 0 saturated carbocycles. The fraction of sp³-hybridized carbons (Fsp3) is 0.200. The Labute approximate surface area is 108 Å². The number of benzene rings is 2. The fourth-order valence-corrected chi connectivity index (χ4v) is 1.88. The molecule has 0 fully saturated rings. The zero-order valence-corrected chi connectivity index (χ0v) is 11.0. The minimum absolute atomic E-state index is 0.880. The first-order valence-corrected chi connectivity index (χ1v) is 5.88. The second-order valence-corrected chi connectivity index (χ2v) is 4.29. The Morgan fingerprint density at radius 2 is 1.72 bits per heavy atom. The molecule has 0 amide bonds. The quantitative estimate of drug-likeness (QED) is 0.833. The summed E-state index contributed by atoms with van der Waals surface area (Å²) < 4.78 is 5.42. The largest absolute Gasteiger partial charge is 0.496 e. The second kappa shape index (κ2) is 5.56. The molecule has 0 aliphatic carbocycles. The molecule has 0 aliphatic rings. The van der Waals surface area contributed by atoms with Crippen LogP contribution in [0.5, 0.6) is 5.75 Å². The van der Waals surface area contributed by atoms with Crippen LogP contribution in [0, 0.1) is 0 Å². The normalized spacial score (nSPS) is 10.4. The summed E-state index contributed by atoms with van der Waals surface area (Å²) in [7, 11) is 5.62. The van der Waals surface area contributed by atoms with Crippen LogP contribution in [0.4, 0.5) is 5.69 Å². The molecule has 1 N–H and O–H groups in total. The van der Waals surface area contributed by atoms with Crippen LogP contribution in [0.1, 0.15) is 0 Å². The van der Waals surface area contributed by atoms with Crippen molar-refractivity contribution in [1.82, 2.24) is 5.01 Å². The van der Waals surface area contributed by atoms with Crippen LogP contribution in [-0.2, 0) is 0 Å². The Morgan fingerprint density at radius 3 is 2.33 bits per heavy atom. The van der Waals surface area contributed by atoms with Crippen LogP contribution < -0.4 is 10.2 Å². The van der Waals surface area contributed by atoms with Gasteiger partial charge >= 0.3 is 0 Å². The molecule has 0 radical (unpaired) electrons. The third-order valence-electron chi connectivity index (χ3n) is 2.64. The molecule has 0 saturated heterocycles. The van der Waals surface area contributed by atoms with E-state index >= 15 is 0 Å². The molecule has 0 aromatic heterocycles. The minimum Gasteiger partial charge on any atom is -0.496 e. The smallest absolute Gasteiger partial charge is 0.126 e. The molecule has 0 bridgehead atoms. The molecule has 0 heterocycles. The maximum atomic E-state index is 5.42. The van der Waals surface area contributed by atoms with Crippen molar-refractivity contribution >= 4 is 5.69 Å². The third kappa shape index (κ3) is 2.81. The predicted octanol–water partition coefficient (Wildman–Crippen LogP) is 3.25. The summed E-state index contributed by atoms with van der Waals surface area (Å²) in [5.74, 6) is 0.880. The lowest BCUT2D eigenvalue weighted by atomic mass is 10.0. The Kier molecular flexibility index (Phi) is 3.85. The average Bonchev–Trinajstić information content (AvgIpc) is 2.39. The lowest BCUT2D eigenvalue weighted by Crippen LogP contribution is -2.19. The maximum Gasteiger partial charge on any atom is 0.126 e. The van der Waals surface area contributed by atoms with E-state index in [1.54, 1.807) is 7.11 Å². The van der Waals surface area contributed by atoms with Crippen LogP contribution in [-0.4, -0.2) is 26.2 Å². The number of nitrogens with zero attached hydrogens (tertiary/aromatic N) is 1. The minimum atomic E-state index is 0.880. The molecule has 2 aromatic carbocycles. The molecule has 3 heteroatoms. The van der Waals surface area contributed by atoms with Crippen molar-refractivity contribution in [3.05, 3.63) is 48.5 Å². The van der Waals surface area contributed by atoms with Gasteiger partial charge in [0.05, 0.1) is 7.11 Å². The van der Waals surface area contributed by atoms with E-state index in [4.69, 9.17) is 4.74 Å². The lowest BCUT2D eigenvalue weighted by molar-refractivity contribution is 0.416. The molecular formula is C15H18N2O.